The minimum atomic E-state index is -3.47. The second-order valence-corrected chi connectivity index (χ2v) is 6.82. The average molecular weight is 289 g/mol. The van der Waals surface area contributed by atoms with Gasteiger partial charge in [-0.25, -0.2) is 13.1 Å². The molecule has 0 bridgehead atoms. The molecule has 0 fully saturated rings. The molecule has 0 aliphatic heterocycles. The number of nitrogens with one attached hydrogen (secondary N) is 1. The van der Waals surface area contributed by atoms with Gasteiger partial charge in [-0.3, -0.25) is 0 Å². The van der Waals surface area contributed by atoms with Crippen molar-refractivity contribution in [3.05, 3.63) is 64.7 Å². The predicted octanol–water partition coefficient (Wildman–Crippen LogP) is 3.09. The van der Waals surface area contributed by atoms with Gasteiger partial charge < -0.3 is 0 Å². The van der Waals surface area contributed by atoms with E-state index in [4.69, 9.17) is 0 Å². The lowest BCUT2D eigenvalue weighted by molar-refractivity contribution is 0.580. The number of hydrogen-bond acceptors (Lipinski definition) is 2. The lowest BCUT2D eigenvalue weighted by Crippen LogP contribution is -2.24. The van der Waals surface area contributed by atoms with E-state index in [-0.39, 0.29) is 0 Å². The molecule has 0 spiro atoms. The van der Waals surface area contributed by atoms with E-state index < -0.39 is 10.0 Å². The number of rotatable bonds is 4. The van der Waals surface area contributed by atoms with E-state index >= 15 is 0 Å². The minimum absolute atomic E-state index is 0.303. The van der Waals surface area contributed by atoms with Crippen molar-refractivity contribution < 1.29 is 8.42 Å². The molecule has 0 aromatic heterocycles. The van der Waals surface area contributed by atoms with E-state index in [1.165, 1.54) is 0 Å². The van der Waals surface area contributed by atoms with Crippen molar-refractivity contribution in [1.29, 1.82) is 0 Å². The van der Waals surface area contributed by atoms with Gasteiger partial charge in [-0.1, -0.05) is 47.5 Å². The summed E-state index contributed by atoms with van der Waals surface area (Å²) in [5.41, 5.74) is 3.90. The molecule has 2 aromatic rings. The Balaban J connectivity index is 2.19. The highest BCUT2D eigenvalue weighted by Crippen LogP contribution is 2.16. The Bertz CT molecular complexity index is 721. The standard InChI is InChI=1S/C16H19NO2S/c1-12-5-4-6-15(10-12)11-17-20(18,19)16-8-7-13(2)9-14(16)3/h4-10,17H,11H2,1-3H3. The van der Waals surface area contributed by atoms with Crippen LogP contribution in [0.3, 0.4) is 0 Å². The van der Waals surface area contributed by atoms with E-state index in [1.54, 1.807) is 6.07 Å². The van der Waals surface area contributed by atoms with Gasteiger partial charge >= 0.3 is 0 Å². The van der Waals surface area contributed by atoms with Crippen molar-refractivity contribution in [1.82, 2.24) is 4.72 Å². The zero-order valence-electron chi connectivity index (χ0n) is 12.0. The number of aryl methyl sites for hydroxylation is 3. The number of benzene rings is 2. The fourth-order valence-electron chi connectivity index (χ4n) is 2.18. The summed E-state index contributed by atoms with van der Waals surface area (Å²) in [6, 6.07) is 13.2. The first-order chi connectivity index (χ1) is 9.38. The smallest absolute Gasteiger partial charge is 0.207 e. The monoisotopic (exact) mass is 289 g/mol. The summed E-state index contributed by atoms with van der Waals surface area (Å²) in [4.78, 5) is 0.343. The van der Waals surface area contributed by atoms with Crippen molar-refractivity contribution in [3.8, 4) is 0 Å². The maximum absolute atomic E-state index is 12.3. The topological polar surface area (TPSA) is 46.2 Å². The van der Waals surface area contributed by atoms with Gasteiger partial charge in [-0.15, -0.1) is 0 Å². The van der Waals surface area contributed by atoms with Crippen molar-refractivity contribution in [2.45, 2.75) is 32.2 Å². The Morgan fingerprint density at radius 3 is 2.30 bits per heavy atom. The van der Waals surface area contributed by atoms with E-state index in [0.29, 0.717) is 11.4 Å². The van der Waals surface area contributed by atoms with Crippen molar-refractivity contribution in [2.75, 3.05) is 0 Å². The van der Waals surface area contributed by atoms with Crippen LogP contribution in [0, 0.1) is 20.8 Å². The Kier molecular flexibility index (Phi) is 4.26. The van der Waals surface area contributed by atoms with Crippen LogP contribution in [-0.2, 0) is 16.6 Å². The van der Waals surface area contributed by atoms with E-state index in [9.17, 15) is 8.42 Å². The molecular formula is C16H19NO2S. The number of hydrogen-bond donors (Lipinski definition) is 1. The summed E-state index contributed by atoms with van der Waals surface area (Å²) < 4.78 is 27.3. The fourth-order valence-corrected chi connectivity index (χ4v) is 3.42. The third-order valence-electron chi connectivity index (χ3n) is 3.17. The summed E-state index contributed by atoms with van der Waals surface area (Å²) >= 11 is 0. The van der Waals surface area contributed by atoms with Gasteiger partial charge in [0.05, 0.1) is 4.90 Å². The van der Waals surface area contributed by atoms with Crippen LogP contribution in [0.1, 0.15) is 22.3 Å². The molecule has 2 aromatic carbocycles. The molecule has 3 nitrogen and oxygen atoms in total. The van der Waals surface area contributed by atoms with Crippen molar-refractivity contribution in [2.24, 2.45) is 0 Å². The first kappa shape index (κ1) is 14.8. The summed E-state index contributed by atoms with van der Waals surface area (Å²) in [6.07, 6.45) is 0. The first-order valence-electron chi connectivity index (χ1n) is 6.51. The molecule has 0 radical (unpaired) electrons. The Morgan fingerprint density at radius 2 is 1.65 bits per heavy atom. The molecule has 0 aliphatic rings. The average Bonchev–Trinajstić information content (AvgIpc) is 2.36. The second-order valence-electron chi connectivity index (χ2n) is 5.08. The molecule has 0 atom stereocenters. The molecule has 0 amide bonds. The molecule has 4 heteroatoms. The quantitative estimate of drug-likeness (QED) is 0.940. The van der Waals surface area contributed by atoms with Crippen molar-refractivity contribution >= 4 is 10.0 Å². The fraction of sp³-hybridized carbons (Fsp3) is 0.250. The van der Waals surface area contributed by atoms with Gasteiger partial charge in [-0.2, -0.15) is 0 Å². The van der Waals surface area contributed by atoms with Gasteiger partial charge in [0.1, 0.15) is 0 Å². The zero-order valence-corrected chi connectivity index (χ0v) is 12.8. The molecule has 106 valence electrons. The summed E-state index contributed by atoms with van der Waals surface area (Å²) in [7, 11) is -3.47. The largest absolute Gasteiger partial charge is 0.241 e. The van der Waals surface area contributed by atoms with Gasteiger partial charge in [-0.05, 0) is 38.0 Å². The molecule has 0 aliphatic carbocycles. The lowest BCUT2D eigenvalue weighted by atomic mass is 10.1. The highest BCUT2D eigenvalue weighted by molar-refractivity contribution is 7.89. The van der Waals surface area contributed by atoms with E-state index in [0.717, 1.165) is 22.3 Å². The highest BCUT2D eigenvalue weighted by Gasteiger charge is 2.16. The molecule has 0 saturated carbocycles. The molecule has 1 N–H and O–H groups in total. The summed E-state index contributed by atoms with van der Waals surface area (Å²) in [5, 5.41) is 0. The third-order valence-corrected chi connectivity index (χ3v) is 4.73. The lowest BCUT2D eigenvalue weighted by Gasteiger charge is -2.10. The van der Waals surface area contributed by atoms with Crippen molar-refractivity contribution in [3.63, 3.8) is 0 Å². The first-order valence-corrected chi connectivity index (χ1v) is 7.99. The Hall–Kier alpha value is -1.65. The van der Waals surface area contributed by atoms with E-state index in [2.05, 4.69) is 4.72 Å². The van der Waals surface area contributed by atoms with Crippen LogP contribution in [0.15, 0.2) is 47.4 Å². The minimum Gasteiger partial charge on any atom is -0.207 e. The van der Waals surface area contributed by atoms with E-state index in [1.807, 2.05) is 57.2 Å². The Labute approximate surface area is 120 Å². The van der Waals surface area contributed by atoms with Gasteiger partial charge in [0.25, 0.3) is 0 Å². The molecule has 0 heterocycles. The molecule has 20 heavy (non-hydrogen) atoms. The Morgan fingerprint density at radius 1 is 0.950 bits per heavy atom. The molecule has 0 unspecified atom stereocenters. The SMILES string of the molecule is Cc1cccc(CNS(=O)(=O)c2ccc(C)cc2C)c1. The van der Waals surface area contributed by atoms with Crippen LogP contribution in [0.2, 0.25) is 0 Å². The summed E-state index contributed by atoms with van der Waals surface area (Å²) in [6.45, 7) is 6.05. The molecular weight excluding hydrogens is 270 g/mol. The summed E-state index contributed by atoms with van der Waals surface area (Å²) in [5.74, 6) is 0. The normalized spacial score (nSPS) is 11.6. The molecule has 2 rings (SSSR count). The van der Waals surface area contributed by atoms with Gasteiger partial charge in [0.15, 0.2) is 0 Å². The maximum atomic E-state index is 12.3. The third kappa shape index (κ3) is 3.46. The maximum Gasteiger partial charge on any atom is 0.241 e. The van der Waals surface area contributed by atoms with Crippen LogP contribution in [0.25, 0.3) is 0 Å². The predicted molar refractivity (Wildman–Crippen MR) is 81.1 cm³/mol. The molecule has 0 saturated heterocycles. The van der Waals surface area contributed by atoms with Gasteiger partial charge in [0.2, 0.25) is 10.0 Å². The van der Waals surface area contributed by atoms with Crippen LogP contribution in [0.5, 0.6) is 0 Å². The van der Waals surface area contributed by atoms with Gasteiger partial charge in [0, 0.05) is 6.54 Å². The zero-order chi connectivity index (χ0) is 14.8. The highest BCUT2D eigenvalue weighted by atomic mass is 32.2. The van der Waals surface area contributed by atoms with Crippen LogP contribution >= 0.6 is 0 Å². The van der Waals surface area contributed by atoms with Crippen LogP contribution in [-0.4, -0.2) is 8.42 Å². The van der Waals surface area contributed by atoms with Crippen LogP contribution < -0.4 is 4.72 Å². The second kappa shape index (κ2) is 5.77. The number of sulfonamides is 1. The van der Waals surface area contributed by atoms with Crippen LogP contribution in [0.4, 0.5) is 0 Å².